The van der Waals surface area contributed by atoms with Gasteiger partial charge in [-0.1, -0.05) is 6.07 Å². The Bertz CT molecular complexity index is 636. The van der Waals surface area contributed by atoms with Crippen LogP contribution in [0.15, 0.2) is 23.7 Å². The molecule has 2 aromatic heterocycles. The number of amides is 1. The van der Waals surface area contributed by atoms with Crippen molar-refractivity contribution in [1.29, 1.82) is 0 Å². The third kappa shape index (κ3) is 3.23. The second-order valence-electron chi connectivity index (χ2n) is 5.64. The zero-order valence-electron chi connectivity index (χ0n) is 12.9. The number of ether oxygens (including phenoxy) is 1. The SMILES string of the molecule is Cc1c([C@H]2OCC[C@@H]2NC(=O)CCc2cccs2)cnn1C. The van der Waals surface area contributed by atoms with Crippen molar-refractivity contribution in [3.05, 3.63) is 39.8 Å². The summed E-state index contributed by atoms with van der Waals surface area (Å²) in [6.45, 7) is 2.70. The molecule has 1 saturated heterocycles. The summed E-state index contributed by atoms with van der Waals surface area (Å²) in [7, 11) is 1.92. The van der Waals surface area contributed by atoms with E-state index in [1.807, 2.05) is 36.3 Å². The number of nitrogens with one attached hydrogen (secondary N) is 1. The number of hydrogen-bond acceptors (Lipinski definition) is 4. The number of aryl methyl sites for hydroxylation is 2. The molecule has 0 saturated carbocycles. The molecule has 5 nitrogen and oxygen atoms in total. The van der Waals surface area contributed by atoms with Crippen LogP contribution in [0.5, 0.6) is 0 Å². The van der Waals surface area contributed by atoms with Crippen molar-refractivity contribution in [2.24, 2.45) is 7.05 Å². The number of aromatic nitrogens is 2. The van der Waals surface area contributed by atoms with Crippen molar-refractivity contribution < 1.29 is 9.53 Å². The maximum absolute atomic E-state index is 12.2. The zero-order chi connectivity index (χ0) is 15.5. The van der Waals surface area contributed by atoms with E-state index in [1.165, 1.54) is 4.88 Å². The molecule has 0 aromatic carbocycles. The molecule has 0 radical (unpaired) electrons. The van der Waals surface area contributed by atoms with E-state index in [9.17, 15) is 4.79 Å². The summed E-state index contributed by atoms with van der Waals surface area (Å²) < 4.78 is 7.67. The number of hydrogen-bond donors (Lipinski definition) is 1. The fourth-order valence-electron chi connectivity index (χ4n) is 2.81. The van der Waals surface area contributed by atoms with E-state index in [1.54, 1.807) is 11.3 Å². The molecule has 0 unspecified atom stereocenters. The van der Waals surface area contributed by atoms with Crippen LogP contribution >= 0.6 is 11.3 Å². The summed E-state index contributed by atoms with van der Waals surface area (Å²) in [5.74, 6) is 0.0930. The lowest BCUT2D eigenvalue weighted by molar-refractivity contribution is -0.122. The van der Waals surface area contributed by atoms with Crippen molar-refractivity contribution in [3.8, 4) is 0 Å². The van der Waals surface area contributed by atoms with Crippen LogP contribution in [-0.2, 0) is 23.0 Å². The topological polar surface area (TPSA) is 56.1 Å². The van der Waals surface area contributed by atoms with E-state index >= 15 is 0 Å². The Morgan fingerprint density at radius 3 is 3.14 bits per heavy atom. The Kier molecular flexibility index (Phi) is 4.59. The molecule has 3 rings (SSSR count). The number of rotatable bonds is 5. The van der Waals surface area contributed by atoms with E-state index in [0.29, 0.717) is 13.0 Å². The van der Waals surface area contributed by atoms with Gasteiger partial charge in [-0.3, -0.25) is 9.48 Å². The minimum atomic E-state index is -0.0839. The first-order valence-electron chi connectivity index (χ1n) is 7.57. The molecule has 1 N–H and O–H groups in total. The van der Waals surface area contributed by atoms with Gasteiger partial charge >= 0.3 is 0 Å². The molecule has 0 spiro atoms. The summed E-state index contributed by atoms with van der Waals surface area (Å²) in [5.41, 5.74) is 2.16. The molecule has 2 aromatic rings. The van der Waals surface area contributed by atoms with Gasteiger partial charge in [-0.2, -0.15) is 5.10 Å². The summed E-state index contributed by atoms with van der Waals surface area (Å²) in [4.78, 5) is 13.4. The monoisotopic (exact) mass is 319 g/mol. The highest BCUT2D eigenvalue weighted by molar-refractivity contribution is 7.09. The zero-order valence-corrected chi connectivity index (χ0v) is 13.7. The predicted octanol–water partition coefficient (Wildman–Crippen LogP) is 2.37. The Labute approximate surface area is 134 Å². The quantitative estimate of drug-likeness (QED) is 0.920. The molecule has 3 heterocycles. The van der Waals surface area contributed by atoms with Gasteiger partial charge in [0.15, 0.2) is 0 Å². The van der Waals surface area contributed by atoms with Gasteiger partial charge in [0.05, 0.1) is 12.2 Å². The van der Waals surface area contributed by atoms with Gasteiger partial charge in [0.2, 0.25) is 5.91 Å². The number of thiophene rings is 1. The molecule has 1 fully saturated rings. The Morgan fingerprint density at radius 2 is 2.45 bits per heavy atom. The van der Waals surface area contributed by atoms with Crippen molar-refractivity contribution in [2.75, 3.05) is 6.61 Å². The van der Waals surface area contributed by atoms with Crippen LogP contribution in [0.2, 0.25) is 0 Å². The Balaban J connectivity index is 1.59. The van der Waals surface area contributed by atoms with Gasteiger partial charge in [0.25, 0.3) is 0 Å². The van der Waals surface area contributed by atoms with E-state index in [2.05, 4.69) is 16.5 Å². The van der Waals surface area contributed by atoms with Gasteiger partial charge in [0.1, 0.15) is 6.10 Å². The summed E-state index contributed by atoms with van der Waals surface area (Å²) in [5, 5.41) is 9.44. The van der Waals surface area contributed by atoms with Crippen molar-refractivity contribution in [1.82, 2.24) is 15.1 Å². The lowest BCUT2D eigenvalue weighted by atomic mass is 10.0. The molecular formula is C16H21N3O2S. The summed E-state index contributed by atoms with van der Waals surface area (Å²) in [6.07, 6.45) is 3.93. The van der Waals surface area contributed by atoms with Crippen LogP contribution in [0.3, 0.4) is 0 Å². The number of nitrogens with zero attached hydrogens (tertiary/aromatic N) is 2. The van der Waals surface area contributed by atoms with Crippen LogP contribution < -0.4 is 5.32 Å². The van der Waals surface area contributed by atoms with Gasteiger partial charge in [-0.15, -0.1) is 11.3 Å². The second kappa shape index (κ2) is 6.62. The van der Waals surface area contributed by atoms with Crippen LogP contribution in [0.1, 0.15) is 35.1 Å². The number of carbonyl (C=O) groups is 1. The molecule has 1 aliphatic rings. The molecule has 1 aliphatic heterocycles. The van der Waals surface area contributed by atoms with Crippen LogP contribution in [-0.4, -0.2) is 28.3 Å². The predicted molar refractivity (Wildman–Crippen MR) is 85.8 cm³/mol. The van der Waals surface area contributed by atoms with Gasteiger partial charge in [-0.05, 0) is 31.2 Å². The number of carbonyl (C=O) groups excluding carboxylic acids is 1. The summed E-state index contributed by atoms with van der Waals surface area (Å²) >= 11 is 1.69. The van der Waals surface area contributed by atoms with Gasteiger partial charge in [-0.25, -0.2) is 0 Å². The molecule has 118 valence electrons. The molecule has 1 amide bonds. The fourth-order valence-corrected chi connectivity index (χ4v) is 3.52. The second-order valence-corrected chi connectivity index (χ2v) is 6.67. The highest BCUT2D eigenvalue weighted by Crippen LogP contribution is 2.31. The minimum Gasteiger partial charge on any atom is -0.371 e. The normalized spacial score (nSPS) is 21.2. The van der Waals surface area contributed by atoms with E-state index in [4.69, 9.17) is 4.74 Å². The highest BCUT2D eigenvalue weighted by atomic mass is 32.1. The van der Waals surface area contributed by atoms with Crippen molar-refractivity contribution in [3.63, 3.8) is 0 Å². The van der Waals surface area contributed by atoms with Crippen molar-refractivity contribution >= 4 is 17.2 Å². The molecule has 2 atom stereocenters. The smallest absolute Gasteiger partial charge is 0.220 e. The molecule has 22 heavy (non-hydrogen) atoms. The average molecular weight is 319 g/mol. The third-order valence-corrected chi connectivity index (χ3v) is 5.13. The molecule has 0 bridgehead atoms. The standard InChI is InChI=1S/C16H21N3O2S/c1-11-13(10-17-19(11)2)16-14(7-8-21-16)18-15(20)6-5-12-4-3-9-22-12/h3-4,9-10,14,16H,5-8H2,1-2H3,(H,18,20)/t14-,16+/m0/s1. The van der Waals surface area contributed by atoms with E-state index < -0.39 is 0 Å². The highest BCUT2D eigenvalue weighted by Gasteiger charge is 2.32. The Morgan fingerprint density at radius 1 is 1.59 bits per heavy atom. The first-order chi connectivity index (χ1) is 10.6. The van der Waals surface area contributed by atoms with Crippen LogP contribution in [0, 0.1) is 6.92 Å². The molecule has 6 heteroatoms. The minimum absolute atomic E-state index is 0.0405. The van der Waals surface area contributed by atoms with E-state index in [-0.39, 0.29) is 18.1 Å². The lowest BCUT2D eigenvalue weighted by Gasteiger charge is -2.19. The maximum Gasteiger partial charge on any atom is 0.220 e. The lowest BCUT2D eigenvalue weighted by Crippen LogP contribution is -2.37. The van der Waals surface area contributed by atoms with Gasteiger partial charge in [0, 0.05) is 36.2 Å². The average Bonchev–Trinajstić information content (AvgIpc) is 3.21. The first kappa shape index (κ1) is 15.2. The fraction of sp³-hybridized carbons (Fsp3) is 0.500. The van der Waals surface area contributed by atoms with Gasteiger partial charge < -0.3 is 10.1 Å². The largest absolute Gasteiger partial charge is 0.371 e. The van der Waals surface area contributed by atoms with E-state index in [0.717, 1.165) is 24.1 Å². The van der Waals surface area contributed by atoms with Crippen LogP contribution in [0.4, 0.5) is 0 Å². The first-order valence-corrected chi connectivity index (χ1v) is 8.45. The maximum atomic E-state index is 12.2. The Hall–Kier alpha value is -1.66. The third-order valence-electron chi connectivity index (χ3n) is 4.20. The summed E-state index contributed by atoms with van der Waals surface area (Å²) in [6, 6.07) is 4.13. The van der Waals surface area contributed by atoms with Crippen molar-refractivity contribution in [2.45, 2.75) is 38.3 Å². The van der Waals surface area contributed by atoms with Crippen LogP contribution in [0.25, 0.3) is 0 Å². The molecular weight excluding hydrogens is 298 g/mol. The molecule has 0 aliphatic carbocycles.